The number of fused-ring (bicyclic) bond motifs is 1. The van der Waals surface area contributed by atoms with Gasteiger partial charge in [-0.2, -0.15) is 4.31 Å². The fourth-order valence-electron chi connectivity index (χ4n) is 4.20. The van der Waals surface area contributed by atoms with Gasteiger partial charge in [0.25, 0.3) is 10.0 Å². The SMILES string of the molecule is COC(=O)C1=C[C@H]2[C@H](OC(=O)N2S(=O)(=O)c2ccc(C)cc2)[C@@H](O[Si](C)(C)C(C)(C)C)[C@@H]1O[Si](C)(C)C(C)(C)C. The van der Waals surface area contributed by atoms with Crippen LogP contribution in [0.3, 0.4) is 0 Å². The number of nitrogens with zero attached hydrogens (tertiary/aromatic N) is 1. The van der Waals surface area contributed by atoms with Crippen molar-refractivity contribution in [1.29, 1.82) is 0 Å². The lowest BCUT2D eigenvalue weighted by Gasteiger charge is -2.48. The molecule has 12 heteroatoms. The summed E-state index contributed by atoms with van der Waals surface area (Å²) in [5, 5.41) is -0.438. The smallest absolute Gasteiger partial charge is 0.425 e. The maximum Gasteiger partial charge on any atom is 0.425 e. The van der Waals surface area contributed by atoms with Crippen LogP contribution in [0.25, 0.3) is 0 Å². The highest BCUT2D eigenvalue weighted by Crippen LogP contribution is 2.46. The van der Waals surface area contributed by atoms with E-state index in [0.29, 0.717) is 0 Å². The van der Waals surface area contributed by atoms with Crippen LogP contribution in [0.2, 0.25) is 36.3 Å². The number of carbonyl (C=O) groups is 2. The van der Waals surface area contributed by atoms with Crippen molar-refractivity contribution in [3.8, 4) is 0 Å². The Morgan fingerprint density at radius 2 is 1.43 bits per heavy atom. The molecule has 0 bridgehead atoms. The lowest BCUT2D eigenvalue weighted by Crippen LogP contribution is -2.61. The van der Waals surface area contributed by atoms with Crippen molar-refractivity contribution in [2.75, 3.05) is 7.11 Å². The molecule has 0 spiro atoms. The topological polar surface area (TPSA) is 108 Å². The Bertz CT molecular complexity index is 1280. The van der Waals surface area contributed by atoms with E-state index < -0.39 is 63.1 Å². The number of benzene rings is 1. The zero-order chi connectivity index (χ0) is 30.6. The molecule has 0 aromatic heterocycles. The highest BCUT2D eigenvalue weighted by molar-refractivity contribution is 7.89. The normalized spacial score (nSPS) is 24.4. The van der Waals surface area contributed by atoms with Gasteiger partial charge < -0.3 is 18.3 Å². The maximum atomic E-state index is 13.8. The van der Waals surface area contributed by atoms with Crippen LogP contribution < -0.4 is 0 Å². The Hall–Kier alpha value is -2.00. The van der Waals surface area contributed by atoms with Gasteiger partial charge in [0.1, 0.15) is 18.2 Å². The van der Waals surface area contributed by atoms with Gasteiger partial charge in [-0.15, -0.1) is 0 Å². The van der Waals surface area contributed by atoms with Crippen LogP contribution in [0.1, 0.15) is 47.1 Å². The number of ether oxygens (including phenoxy) is 2. The van der Waals surface area contributed by atoms with Crippen molar-refractivity contribution in [2.24, 2.45) is 0 Å². The minimum absolute atomic E-state index is 0.0507. The molecule has 1 aliphatic carbocycles. The third kappa shape index (κ3) is 5.96. The number of sulfonamides is 1. The molecule has 0 radical (unpaired) electrons. The summed E-state index contributed by atoms with van der Waals surface area (Å²) in [5.41, 5.74) is 1.000. The van der Waals surface area contributed by atoms with E-state index in [2.05, 4.69) is 67.7 Å². The Morgan fingerprint density at radius 3 is 1.90 bits per heavy atom. The van der Waals surface area contributed by atoms with Crippen molar-refractivity contribution in [2.45, 2.75) is 114 Å². The fourth-order valence-corrected chi connectivity index (χ4v) is 8.19. The molecule has 1 heterocycles. The molecule has 1 saturated heterocycles. The van der Waals surface area contributed by atoms with Gasteiger partial charge in [-0.1, -0.05) is 59.2 Å². The molecule has 1 aliphatic heterocycles. The third-order valence-electron chi connectivity index (χ3n) is 8.77. The first-order valence-electron chi connectivity index (χ1n) is 13.5. The van der Waals surface area contributed by atoms with E-state index in [0.717, 1.165) is 9.87 Å². The van der Waals surface area contributed by atoms with E-state index in [4.69, 9.17) is 18.3 Å². The number of hydrogen-bond acceptors (Lipinski definition) is 8. The molecular formula is C28H45NO8SSi2. The molecule has 40 heavy (non-hydrogen) atoms. The van der Waals surface area contributed by atoms with Gasteiger partial charge in [-0.3, -0.25) is 0 Å². The summed E-state index contributed by atoms with van der Waals surface area (Å²) >= 11 is 0. The van der Waals surface area contributed by atoms with Crippen LogP contribution in [0.15, 0.2) is 40.8 Å². The van der Waals surface area contributed by atoms with Crippen LogP contribution in [-0.4, -0.2) is 72.9 Å². The van der Waals surface area contributed by atoms with E-state index in [1.165, 1.54) is 25.3 Å². The molecule has 2 aliphatic rings. The molecule has 3 rings (SSSR count). The van der Waals surface area contributed by atoms with E-state index in [1.807, 2.05) is 6.92 Å². The summed E-state index contributed by atoms with van der Waals surface area (Å²) in [6.07, 6.45) is -2.44. The van der Waals surface area contributed by atoms with E-state index in [9.17, 15) is 18.0 Å². The van der Waals surface area contributed by atoms with Gasteiger partial charge in [-0.05, 0) is 61.4 Å². The van der Waals surface area contributed by atoms with E-state index in [-0.39, 0.29) is 20.5 Å². The summed E-state index contributed by atoms with van der Waals surface area (Å²) in [7, 11) is -8.12. The van der Waals surface area contributed by atoms with Crippen LogP contribution in [0.5, 0.6) is 0 Å². The average molecular weight is 612 g/mol. The summed E-state index contributed by atoms with van der Waals surface area (Å²) in [6, 6.07) is 5.10. The van der Waals surface area contributed by atoms with Gasteiger partial charge in [0.2, 0.25) is 0 Å². The molecular weight excluding hydrogens is 567 g/mol. The maximum absolute atomic E-state index is 13.8. The van der Waals surface area contributed by atoms with Crippen molar-refractivity contribution < 1.29 is 36.3 Å². The number of hydrogen-bond donors (Lipinski definition) is 0. The lowest BCUT2D eigenvalue weighted by atomic mass is 9.88. The summed E-state index contributed by atoms with van der Waals surface area (Å²) < 4.78 is 52.9. The largest absolute Gasteiger partial charge is 0.466 e. The molecule has 0 unspecified atom stereocenters. The van der Waals surface area contributed by atoms with Crippen molar-refractivity contribution in [3.63, 3.8) is 0 Å². The molecule has 1 aromatic carbocycles. The molecule has 4 atom stereocenters. The predicted octanol–water partition coefficient (Wildman–Crippen LogP) is 5.77. The van der Waals surface area contributed by atoms with Crippen LogP contribution in [-0.2, 0) is 33.1 Å². The molecule has 0 N–H and O–H groups in total. The fraction of sp³-hybridized carbons (Fsp3) is 0.643. The molecule has 224 valence electrons. The average Bonchev–Trinajstić information content (AvgIpc) is 3.14. The molecule has 1 aromatic rings. The first-order chi connectivity index (χ1) is 18.0. The van der Waals surface area contributed by atoms with Crippen LogP contribution >= 0.6 is 0 Å². The van der Waals surface area contributed by atoms with E-state index in [1.54, 1.807) is 12.1 Å². The second-order valence-electron chi connectivity index (χ2n) is 13.7. The number of aryl methyl sites for hydroxylation is 1. The van der Waals surface area contributed by atoms with Crippen LogP contribution in [0.4, 0.5) is 4.79 Å². The minimum Gasteiger partial charge on any atom is -0.466 e. The van der Waals surface area contributed by atoms with Gasteiger partial charge in [0.15, 0.2) is 22.7 Å². The Kier molecular flexibility index (Phi) is 8.69. The number of amides is 1. The van der Waals surface area contributed by atoms with Crippen molar-refractivity contribution in [3.05, 3.63) is 41.5 Å². The van der Waals surface area contributed by atoms with Crippen molar-refractivity contribution in [1.82, 2.24) is 4.31 Å². The number of carbonyl (C=O) groups excluding carboxylic acids is 2. The van der Waals surface area contributed by atoms with Gasteiger partial charge >= 0.3 is 12.1 Å². The first-order valence-corrected chi connectivity index (χ1v) is 20.8. The van der Waals surface area contributed by atoms with Crippen LogP contribution in [0, 0.1) is 6.92 Å². The lowest BCUT2D eigenvalue weighted by molar-refractivity contribution is -0.139. The summed E-state index contributed by atoms with van der Waals surface area (Å²) in [6.45, 7) is 22.6. The van der Waals surface area contributed by atoms with Gasteiger partial charge in [0, 0.05) is 0 Å². The monoisotopic (exact) mass is 611 g/mol. The predicted molar refractivity (Wildman–Crippen MR) is 158 cm³/mol. The number of rotatable bonds is 7. The van der Waals surface area contributed by atoms with Crippen molar-refractivity contribution >= 4 is 38.7 Å². The summed E-state index contributed by atoms with van der Waals surface area (Å²) in [5.74, 6) is -0.668. The standard InChI is InChI=1S/C28H45NO8SSi2/c1-18-13-15-19(16-14-18)38(32,33)29-21-17-20(25(30)34-8)22(36-39(9,10)27(2,3)4)24(23(21)35-26(29)31)37-40(11,12)28(5,6)7/h13-17,21-24H,1-12H3/t21-,22+,23-,24-/m0/s1. The second-order valence-corrected chi connectivity index (χ2v) is 25.0. The zero-order valence-electron chi connectivity index (χ0n) is 25.8. The van der Waals surface area contributed by atoms with Gasteiger partial charge in [0.05, 0.1) is 17.6 Å². The Balaban J connectivity index is 2.24. The zero-order valence-corrected chi connectivity index (χ0v) is 28.6. The number of methoxy groups -OCH3 is 1. The minimum atomic E-state index is -4.32. The number of esters is 1. The second kappa shape index (κ2) is 10.7. The highest BCUT2D eigenvalue weighted by Gasteiger charge is 2.59. The molecule has 9 nitrogen and oxygen atoms in total. The molecule has 0 saturated carbocycles. The quantitative estimate of drug-likeness (QED) is 0.283. The highest BCUT2D eigenvalue weighted by atomic mass is 32.2. The molecule has 1 fully saturated rings. The third-order valence-corrected chi connectivity index (χ3v) is 19.5. The molecule has 1 amide bonds. The Morgan fingerprint density at radius 1 is 0.925 bits per heavy atom. The summed E-state index contributed by atoms with van der Waals surface area (Å²) in [4.78, 5) is 26.5. The van der Waals surface area contributed by atoms with E-state index >= 15 is 0 Å². The van der Waals surface area contributed by atoms with Gasteiger partial charge in [-0.25, -0.2) is 18.0 Å². The Labute approximate surface area is 241 Å². The first kappa shape index (κ1) is 32.5.